The lowest BCUT2D eigenvalue weighted by Crippen LogP contribution is -2.61. The van der Waals surface area contributed by atoms with Gasteiger partial charge in [0.25, 0.3) is 5.79 Å². The van der Waals surface area contributed by atoms with Crippen molar-refractivity contribution < 1.29 is 24.2 Å². The molecule has 306 valence electrons. The van der Waals surface area contributed by atoms with Gasteiger partial charge in [-0.2, -0.15) is 0 Å². The summed E-state index contributed by atoms with van der Waals surface area (Å²) in [7, 11) is 0. The summed E-state index contributed by atoms with van der Waals surface area (Å²) in [5.74, 6) is -3.16. The molecule has 0 aromatic rings. The number of hydrogen-bond acceptors (Lipinski definition) is 6. The number of carbonyl (C=O) groups is 2. The zero-order chi connectivity index (χ0) is 38.8. The normalized spacial score (nSPS) is 14.5. The Labute approximate surface area is 322 Å². The van der Waals surface area contributed by atoms with E-state index in [4.69, 9.17) is 15.2 Å². The van der Waals surface area contributed by atoms with Crippen LogP contribution in [0.5, 0.6) is 0 Å². The maximum absolute atomic E-state index is 13.2. The molecule has 6 heteroatoms. The van der Waals surface area contributed by atoms with E-state index in [0.717, 1.165) is 64.2 Å². The van der Waals surface area contributed by atoms with Crippen LogP contribution in [0.2, 0.25) is 0 Å². The van der Waals surface area contributed by atoms with Crippen LogP contribution in [0.15, 0.2) is 24.3 Å². The topological polar surface area (TPSA) is 98.8 Å². The van der Waals surface area contributed by atoms with Crippen LogP contribution in [0.1, 0.15) is 234 Å². The van der Waals surface area contributed by atoms with Crippen molar-refractivity contribution in [2.75, 3.05) is 0 Å². The average molecular weight is 734 g/mol. The first-order valence-corrected chi connectivity index (χ1v) is 22.3. The van der Waals surface area contributed by atoms with Crippen LogP contribution in [0, 0.1) is 5.92 Å². The van der Waals surface area contributed by atoms with Crippen LogP contribution < -0.4 is 5.73 Å². The first-order chi connectivity index (χ1) is 25.1. The molecule has 0 aromatic carbocycles. The van der Waals surface area contributed by atoms with E-state index in [0.29, 0.717) is 6.42 Å². The third kappa shape index (κ3) is 27.0. The van der Waals surface area contributed by atoms with Gasteiger partial charge in [0.15, 0.2) is 0 Å². The van der Waals surface area contributed by atoms with Crippen molar-refractivity contribution in [3.8, 4) is 0 Å². The molecule has 0 saturated heterocycles. The number of carbonyl (C=O) groups excluding carboxylic acids is 2. The molecule has 0 fully saturated rings. The SMILES string of the molecule is CCCCCCCCC=CCCCCCCCC(=O)OC(CC)(OC(=O)CCCCCCCC=CCCCCCCCC)C(C(O)CC)C(C)(C)N. The standard InChI is InChI=1S/C46H87NO5/c1-7-11-13-15-17-19-21-23-25-27-29-31-33-35-37-39-42(49)51-46(10-4,44(41(48)9-3)45(5,6)47)52-43(50)40-38-36-34-32-30-28-26-24-22-20-18-16-14-12-8-2/h23-26,41,44,48H,7-22,27-40,47H2,1-6H3. The molecule has 0 aromatic heterocycles. The highest BCUT2D eigenvalue weighted by Crippen LogP contribution is 2.39. The number of unbranched alkanes of at least 4 members (excludes halogenated alkanes) is 22. The smallest absolute Gasteiger partial charge is 0.309 e. The van der Waals surface area contributed by atoms with E-state index in [9.17, 15) is 14.7 Å². The summed E-state index contributed by atoms with van der Waals surface area (Å²) < 4.78 is 12.2. The summed E-state index contributed by atoms with van der Waals surface area (Å²) >= 11 is 0. The molecule has 2 unspecified atom stereocenters. The lowest BCUT2D eigenvalue weighted by molar-refractivity contribution is -0.269. The van der Waals surface area contributed by atoms with Gasteiger partial charge in [-0.15, -0.1) is 0 Å². The summed E-state index contributed by atoms with van der Waals surface area (Å²) in [6.07, 6.45) is 40.5. The molecule has 0 rings (SSSR count). The number of aliphatic hydroxyl groups is 1. The van der Waals surface area contributed by atoms with Crippen molar-refractivity contribution >= 4 is 11.9 Å². The number of allylic oxidation sites excluding steroid dienone is 4. The second kappa shape index (κ2) is 33.9. The minimum absolute atomic E-state index is 0.228. The molecule has 0 heterocycles. The fourth-order valence-electron chi connectivity index (χ4n) is 7.27. The van der Waals surface area contributed by atoms with Gasteiger partial charge in [-0.3, -0.25) is 9.59 Å². The van der Waals surface area contributed by atoms with Crippen molar-refractivity contribution in [1.82, 2.24) is 0 Å². The van der Waals surface area contributed by atoms with Crippen molar-refractivity contribution in [2.45, 2.75) is 252 Å². The molecule has 3 N–H and O–H groups in total. The molecule has 0 bridgehead atoms. The van der Waals surface area contributed by atoms with Gasteiger partial charge >= 0.3 is 11.9 Å². The zero-order valence-corrected chi connectivity index (χ0v) is 35.3. The molecule has 0 aliphatic heterocycles. The Morgan fingerprint density at radius 3 is 1.13 bits per heavy atom. The van der Waals surface area contributed by atoms with E-state index in [2.05, 4.69) is 38.2 Å². The van der Waals surface area contributed by atoms with Gasteiger partial charge in [0.2, 0.25) is 0 Å². The summed E-state index contributed by atoms with van der Waals surface area (Å²) in [6, 6.07) is 0. The van der Waals surface area contributed by atoms with Crippen LogP contribution in [-0.2, 0) is 19.1 Å². The van der Waals surface area contributed by atoms with E-state index in [1.54, 1.807) is 13.8 Å². The van der Waals surface area contributed by atoms with Gasteiger partial charge in [0, 0.05) is 24.8 Å². The number of nitrogens with two attached hydrogens (primary N) is 1. The summed E-state index contributed by atoms with van der Waals surface area (Å²) in [6.45, 7) is 11.8. The van der Waals surface area contributed by atoms with E-state index in [-0.39, 0.29) is 19.3 Å². The lowest BCUT2D eigenvalue weighted by Gasteiger charge is -2.46. The van der Waals surface area contributed by atoms with Crippen molar-refractivity contribution in [3.05, 3.63) is 24.3 Å². The summed E-state index contributed by atoms with van der Waals surface area (Å²) in [4.78, 5) is 26.5. The third-order valence-corrected chi connectivity index (χ3v) is 10.4. The van der Waals surface area contributed by atoms with Crippen LogP contribution in [0.3, 0.4) is 0 Å². The number of rotatable bonds is 37. The summed E-state index contributed by atoms with van der Waals surface area (Å²) in [5, 5.41) is 11.1. The predicted octanol–water partition coefficient (Wildman–Crippen LogP) is 13.4. The molecular weight excluding hydrogens is 647 g/mol. The minimum Gasteiger partial charge on any atom is -0.422 e. The highest BCUT2D eigenvalue weighted by Gasteiger charge is 2.53. The number of esters is 2. The van der Waals surface area contributed by atoms with E-state index < -0.39 is 35.3 Å². The van der Waals surface area contributed by atoms with Gasteiger partial charge < -0.3 is 20.3 Å². The number of hydrogen-bond donors (Lipinski definition) is 2. The molecule has 0 amide bonds. The minimum atomic E-state index is -1.61. The molecule has 0 spiro atoms. The molecule has 0 aliphatic carbocycles. The molecular formula is C46H87NO5. The molecule has 0 aliphatic rings. The Morgan fingerprint density at radius 2 is 0.846 bits per heavy atom. The Bertz CT molecular complexity index is 838. The van der Waals surface area contributed by atoms with Gasteiger partial charge in [-0.05, 0) is 84.5 Å². The van der Waals surface area contributed by atoms with E-state index in [1.807, 2.05) is 13.8 Å². The Hall–Kier alpha value is -1.66. The Morgan fingerprint density at radius 1 is 0.538 bits per heavy atom. The largest absolute Gasteiger partial charge is 0.422 e. The lowest BCUT2D eigenvalue weighted by atomic mass is 9.75. The quantitative estimate of drug-likeness (QED) is 0.0285. The number of ether oxygens (including phenoxy) is 2. The van der Waals surface area contributed by atoms with E-state index >= 15 is 0 Å². The third-order valence-electron chi connectivity index (χ3n) is 10.4. The Balaban J connectivity index is 4.67. The molecule has 0 radical (unpaired) electrons. The molecule has 2 atom stereocenters. The van der Waals surface area contributed by atoms with Crippen LogP contribution in [-0.4, -0.2) is 34.5 Å². The second-order valence-electron chi connectivity index (χ2n) is 16.1. The predicted molar refractivity (Wildman–Crippen MR) is 222 cm³/mol. The van der Waals surface area contributed by atoms with E-state index in [1.165, 1.54) is 103 Å². The van der Waals surface area contributed by atoms with Gasteiger partial charge in [0.1, 0.15) is 0 Å². The average Bonchev–Trinajstić information content (AvgIpc) is 3.10. The maximum atomic E-state index is 13.2. The fourth-order valence-corrected chi connectivity index (χ4v) is 7.27. The fraction of sp³-hybridized carbons (Fsp3) is 0.870. The molecule has 0 saturated carbocycles. The van der Waals surface area contributed by atoms with Gasteiger partial charge in [0.05, 0.1) is 12.0 Å². The second-order valence-corrected chi connectivity index (χ2v) is 16.1. The van der Waals surface area contributed by atoms with Crippen LogP contribution >= 0.6 is 0 Å². The zero-order valence-electron chi connectivity index (χ0n) is 35.3. The van der Waals surface area contributed by atoms with Crippen molar-refractivity contribution in [3.63, 3.8) is 0 Å². The van der Waals surface area contributed by atoms with Crippen LogP contribution in [0.4, 0.5) is 0 Å². The summed E-state index contributed by atoms with van der Waals surface area (Å²) in [5.41, 5.74) is 5.64. The maximum Gasteiger partial charge on any atom is 0.309 e. The van der Waals surface area contributed by atoms with Crippen molar-refractivity contribution in [1.29, 1.82) is 0 Å². The van der Waals surface area contributed by atoms with Gasteiger partial charge in [-0.1, -0.05) is 155 Å². The Kier molecular flexibility index (Phi) is 32.8. The van der Waals surface area contributed by atoms with Gasteiger partial charge in [-0.25, -0.2) is 0 Å². The number of aliphatic hydroxyl groups excluding tert-OH is 1. The van der Waals surface area contributed by atoms with Crippen LogP contribution in [0.25, 0.3) is 0 Å². The first-order valence-electron chi connectivity index (χ1n) is 22.3. The van der Waals surface area contributed by atoms with Crippen molar-refractivity contribution in [2.24, 2.45) is 11.7 Å². The molecule has 6 nitrogen and oxygen atoms in total. The highest BCUT2D eigenvalue weighted by molar-refractivity contribution is 5.72. The first kappa shape index (κ1) is 50.3. The monoisotopic (exact) mass is 734 g/mol. The highest BCUT2D eigenvalue weighted by atomic mass is 16.7. The molecule has 52 heavy (non-hydrogen) atoms.